The molecule has 0 aromatic carbocycles. The van der Waals surface area contributed by atoms with Gasteiger partial charge in [-0.2, -0.15) is 13.2 Å². The molecule has 0 aromatic heterocycles. The Morgan fingerprint density at radius 1 is 1.38 bits per heavy atom. The smallest absolute Gasteiger partial charge is 0.756 e. The predicted molar refractivity (Wildman–Crippen MR) is 31.2 cm³/mol. The molecule has 0 aliphatic rings. The molecule has 0 saturated carbocycles. The minimum absolute atomic E-state index is 0. The monoisotopic (exact) mass is 230 g/mol. The molecule has 0 radical (unpaired) electrons. The Bertz CT molecular complexity index is 185. The summed E-state index contributed by atoms with van der Waals surface area (Å²) < 4.78 is 51.9. The van der Waals surface area contributed by atoms with Crippen molar-refractivity contribution in [3.8, 4) is 0 Å². The first-order chi connectivity index (χ1) is 5.27. The molecule has 74 valence electrons. The summed E-state index contributed by atoms with van der Waals surface area (Å²) >= 11 is 0. The van der Waals surface area contributed by atoms with Gasteiger partial charge in [0.05, 0.1) is 6.61 Å². The molecule has 1 unspecified atom stereocenters. The van der Waals surface area contributed by atoms with Gasteiger partial charge in [0.15, 0.2) is 6.61 Å². The molecule has 1 atom stereocenters. The fourth-order valence-corrected chi connectivity index (χ4v) is 1.04. The molecular weight excluding hydrogens is 223 g/mol. The third-order valence-electron chi connectivity index (χ3n) is 0.674. The standard InChI is InChI=1S/C4H8F3O4P.Na/c1-2-10-12(8,9)11-3-4(5,6)7;/h2-3H2,1H3,(H,8,9);/q;+1/p-1. The summed E-state index contributed by atoms with van der Waals surface area (Å²) in [5.41, 5.74) is 0. The van der Waals surface area contributed by atoms with E-state index in [1.165, 1.54) is 6.92 Å². The molecule has 13 heavy (non-hydrogen) atoms. The zero-order chi connectivity index (χ0) is 9.83. The Morgan fingerprint density at radius 2 is 1.85 bits per heavy atom. The quantitative estimate of drug-likeness (QED) is 0.417. The van der Waals surface area contributed by atoms with E-state index in [1.54, 1.807) is 0 Å². The summed E-state index contributed by atoms with van der Waals surface area (Å²) in [5.74, 6) is 0. The van der Waals surface area contributed by atoms with Gasteiger partial charge in [0.2, 0.25) is 0 Å². The summed E-state index contributed by atoms with van der Waals surface area (Å²) in [6, 6.07) is 0. The van der Waals surface area contributed by atoms with Crippen molar-refractivity contribution < 1.29 is 61.2 Å². The van der Waals surface area contributed by atoms with Crippen molar-refractivity contribution >= 4 is 7.82 Å². The van der Waals surface area contributed by atoms with Gasteiger partial charge in [-0.25, -0.2) is 0 Å². The second-order valence-corrected chi connectivity index (χ2v) is 3.16. The molecule has 0 aliphatic carbocycles. The molecule has 0 aliphatic heterocycles. The first kappa shape index (κ1) is 16.3. The predicted octanol–water partition coefficient (Wildman–Crippen LogP) is -1.93. The Morgan fingerprint density at radius 3 is 2.15 bits per heavy atom. The SMILES string of the molecule is CCOP(=O)([O-])OCC(F)(F)F.[Na+]. The van der Waals surface area contributed by atoms with Gasteiger partial charge in [-0.1, -0.05) is 0 Å². The molecule has 9 heteroatoms. The van der Waals surface area contributed by atoms with Crippen LogP contribution in [0.25, 0.3) is 0 Å². The van der Waals surface area contributed by atoms with E-state index in [1.807, 2.05) is 0 Å². The van der Waals surface area contributed by atoms with Crippen LogP contribution in [-0.4, -0.2) is 19.4 Å². The summed E-state index contributed by atoms with van der Waals surface area (Å²) in [7, 11) is -4.76. The van der Waals surface area contributed by atoms with Crippen LogP contribution in [0.5, 0.6) is 0 Å². The minimum Gasteiger partial charge on any atom is -0.756 e. The van der Waals surface area contributed by atoms with Gasteiger partial charge in [0, 0.05) is 0 Å². The van der Waals surface area contributed by atoms with Crippen LogP contribution in [0.2, 0.25) is 0 Å². The van der Waals surface area contributed by atoms with E-state index in [0.29, 0.717) is 0 Å². The summed E-state index contributed by atoms with van der Waals surface area (Å²) in [4.78, 5) is 10.4. The van der Waals surface area contributed by atoms with Crippen LogP contribution in [0.15, 0.2) is 0 Å². The second-order valence-electron chi connectivity index (χ2n) is 1.75. The Hall–Kier alpha value is 0.900. The third kappa shape index (κ3) is 10.8. The van der Waals surface area contributed by atoms with Gasteiger partial charge in [-0.3, -0.25) is 4.57 Å². The molecule has 0 N–H and O–H groups in total. The largest absolute Gasteiger partial charge is 1.00 e. The van der Waals surface area contributed by atoms with Crippen molar-refractivity contribution in [2.45, 2.75) is 13.1 Å². The zero-order valence-electron chi connectivity index (χ0n) is 7.13. The molecule has 4 nitrogen and oxygen atoms in total. The van der Waals surface area contributed by atoms with Crippen molar-refractivity contribution in [2.75, 3.05) is 13.2 Å². The third-order valence-corrected chi connectivity index (χ3v) is 1.69. The van der Waals surface area contributed by atoms with Crippen molar-refractivity contribution in [3.05, 3.63) is 0 Å². The number of rotatable bonds is 4. The average molecular weight is 230 g/mol. The molecule has 0 rings (SSSR count). The number of phosphoric acid groups is 1. The van der Waals surface area contributed by atoms with Crippen LogP contribution in [0.4, 0.5) is 13.2 Å². The number of phosphoric ester groups is 1. The summed E-state index contributed by atoms with van der Waals surface area (Å²) in [6.07, 6.45) is -4.67. The van der Waals surface area contributed by atoms with Gasteiger partial charge in [-0.05, 0) is 6.92 Å². The van der Waals surface area contributed by atoms with Crippen LogP contribution in [-0.2, 0) is 13.6 Å². The van der Waals surface area contributed by atoms with E-state index in [2.05, 4.69) is 9.05 Å². The van der Waals surface area contributed by atoms with Crippen LogP contribution in [0.3, 0.4) is 0 Å². The Balaban J connectivity index is 0. The maximum atomic E-state index is 11.4. The summed E-state index contributed by atoms with van der Waals surface area (Å²) in [5, 5.41) is 0. The van der Waals surface area contributed by atoms with Crippen molar-refractivity contribution in [1.29, 1.82) is 0 Å². The maximum Gasteiger partial charge on any atom is 1.00 e. The van der Waals surface area contributed by atoms with Crippen LogP contribution in [0, 0.1) is 0 Å². The first-order valence-corrected chi connectivity index (χ1v) is 4.40. The van der Waals surface area contributed by atoms with Crippen molar-refractivity contribution in [3.63, 3.8) is 0 Å². The van der Waals surface area contributed by atoms with E-state index < -0.39 is 20.6 Å². The van der Waals surface area contributed by atoms with E-state index in [9.17, 15) is 22.6 Å². The number of hydrogen-bond donors (Lipinski definition) is 0. The first-order valence-electron chi connectivity index (χ1n) is 2.94. The Labute approximate surface area is 95.3 Å². The average Bonchev–Trinajstić information content (AvgIpc) is 1.83. The molecule has 0 spiro atoms. The van der Waals surface area contributed by atoms with E-state index in [4.69, 9.17) is 0 Å². The normalized spacial score (nSPS) is 16.1. The molecule has 0 amide bonds. The fourth-order valence-electron chi connectivity index (χ4n) is 0.348. The van der Waals surface area contributed by atoms with E-state index >= 15 is 0 Å². The van der Waals surface area contributed by atoms with Gasteiger partial charge in [0.1, 0.15) is 0 Å². The fraction of sp³-hybridized carbons (Fsp3) is 1.00. The van der Waals surface area contributed by atoms with Crippen LogP contribution in [0.1, 0.15) is 6.92 Å². The molecule has 0 aromatic rings. The molecule has 0 fully saturated rings. The Kier molecular flexibility index (Phi) is 8.04. The number of hydrogen-bond acceptors (Lipinski definition) is 4. The van der Waals surface area contributed by atoms with Crippen molar-refractivity contribution in [2.24, 2.45) is 0 Å². The second kappa shape index (κ2) is 6.40. The molecule has 0 bridgehead atoms. The topological polar surface area (TPSA) is 58.6 Å². The van der Waals surface area contributed by atoms with Crippen LogP contribution < -0.4 is 34.5 Å². The van der Waals surface area contributed by atoms with Gasteiger partial charge < -0.3 is 13.9 Å². The van der Waals surface area contributed by atoms with Crippen molar-refractivity contribution in [1.82, 2.24) is 0 Å². The van der Waals surface area contributed by atoms with Crippen LogP contribution >= 0.6 is 7.82 Å². The number of alkyl halides is 3. The summed E-state index contributed by atoms with van der Waals surface area (Å²) in [6.45, 7) is -0.784. The number of halogens is 3. The zero-order valence-corrected chi connectivity index (χ0v) is 10.0. The molecule has 0 saturated heterocycles. The van der Waals surface area contributed by atoms with Gasteiger partial charge >= 0.3 is 35.7 Å². The molecular formula is C4H7F3NaO4P. The van der Waals surface area contributed by atoms with E-state index in [-0.39, 0.29) is 36.2 Å². The maximum absolute atomic E-state index is 11.4. The van der Waals surface area contributed by atoms with Gasteiger partial charge in [-0.15, -0.1) is 0 Å². The van der Waals surface area contributed by atoms with Gasteiger partial charge in [0.25, 0.3) is 7.82 Å². The van der Waals surface area contributed by atoms with E-state index in [0.717, 1.165) is 0 Å². The minimum atomic E-state index is -4.76. The molecule has 0 heterocycles.